The quantitative estimate of drug-likeness (QED) is 0.157. The van der Waals surface area contributed by atoms with Crippen LogP contribution in [0.4, 0.5) is 0 Å². The molecule has 5 N–H and O–H groups in total. The molecule has 1 heterocycles. The number of hydrogen-bond acceptors (Lipinski definition) is 11. The van der Waals surface area contributed by atoms with E-state index in [1.54, 1.807) is 27.7 Å². The number of aliphatic carboxylic acids is 1. The predicted octanol–water partition coefficient (Wildman–Crippen LogP) is 0.0854. The van der Waals surface area contributed by atoms with Crippen LogP contribution in [0.5, 0.6) is 0 Å². The summed E-state index contributed by atoms with van der Waals surface area (Å²) in [5, 5.41) is 48.9. The molecule has 10 nitrogen and oxygen atoms in total. The molecular weight excluding hydrogens is 416 g/mol. The van der Waals surface area contributed by atoms with Gasteiger partial charge in [0.1, 0.15) is 23.7 Å². The lowest BCUT2D eigenvalue weighted by Crippen LogP contribution is -2.59. The monoisotopic (exact) mass is 440 g/mol. The van der Waals surface area contributed by atoms with Crippen molar-refractivity contribution >= 4 is 40.1 Å². The Morgan fingerprint density at radius 1 is 0.964 bits per heavy atom. The highest BCUT2D eigenvalue weighted by Gasteiger charge is 2.48. The van der Waals surface area contributed by atoms with Gasteiger partial charge in [-0.25, -0.2) is 9.59 Å². The average Bonchev–Trinajstić information content (AvgIpc) is 2.53. The van der Waals surface area contributed by atoms with Gasteiger partial charge in [-0.3, -0.25) is 0 Å². The Hall–Kier alpha value is -1.44. The highest BCUT2D eigenvalue weighted by molar-refractivity contribution is 8.24. The second-order valence-electron chi connectivity index (χ2n) is 6.44. The third kappa shape index (κ3) is 6.29. The number of rotatable bonds is 7. The number of carboxylic acid groups (broad SMARTS) is 1. The number of aliphatic hydroxyl groups excluding tert-OH is 4. The Morgan fingerprint density at radius 3 is 1.96 bits per heavy atom. The average molecular weight is 440 g/mol. The molecule has 1 rings (SSSR count). The fourth-order valence-corrected chi connectivity index (χ4v) is 3.56. The number of ether oxygens (including phenoxy) is 3. The molecule has 0 bridgehead atoms. The molecule has 1 aliphatic rings. The van der Waals surface area contributed by atoms with E-state index in [-0.39, 0.29) is 4.20 Å². The summed E-state index contributed by atoms with van der Waals surface area (Å²) in [6.45, 7) is 6.35. The van der Waals surface area contributed by atoms with Gasteiger partial charge in [0.05, 0.1) is 16.4 Å². The number of carboxylic acids is 1. The molecule has 0 unspecified atom stereocenters. The van der Waals surface area contributed by atoms with Crippen molar-refractivity contribution in [3.05, 3.63) is 11.5 Å². The smallest absolute Gasteiger partial charge is 0.347 e. The van der Waals surface area contributed by atoms with Crippen molar-refractivity contribution in [2.24, 2.45) is 0 Å². The van der Waals surface area contributed by atoms with Crippen LogP contribution in [0.2, 0.25) is 0 Å². The largest absolute Gasteiger partial charge is 0.480 e. The number of thiocarbonyl (C=S) groups is 1. The maximum atomic E-state index is 12.3. The molecule has 160 valence electrons. The highest BCUT2D eigenvalue weighted by atomic mass is 32.2. The van der Waals surface area contributed by atoms with Gasteiger partial charge in [-0.1, -0.05) is 24.0 Å². The zero-order chi connectivity index (χ0) is 21.8. The minimum Gasteiger partial charge on any atom is -0.480 e. The van der Waals surface area contributed by atoms with E-state index in [1.807, 2.05) is 0 Å². The van der Waals surface area contributed by atoms with Crippen molar-refractivity contribution in [3.8, 4) is 0 Å². The summed E-state index contributed by atoms with van der Waals surface area (Å²) >= 11 is 5.62. The van der Waals surface area contributed by atoms with Gasteiger partial charge < -0.3 is 39.7 Å². The second kappa shape index (κ2) is 10.4. The first-order chi connectivity index (χ1) is 12.9. The minimum absolute atomic E-state index is 0.319. The van der Waals surface area contributed by atoms with E-state index in [2.05, 4.69) is 0 Å². The van der Waals surface area contributed by atoms with E-state index < -0.39 is 65.5 Å². The Morgan fingerprint density at radius 2 is 1.50 bits per heavy atom. The Bertz CT molecular complexity index is 633. The normalized spacial score (nSPS) is 28.7. The molecule has 0 aromatic rings. The van der Waals surface area contributed by atoms with Gasteiger partial charge >= 0.3 is 11.9 Å². The van der Waals surface area contributed by atoms with Gasteiger partial charge in [0, 0.05) is 0 Å². The molecular formula is C16H24O10S2. The zero-order valence-electron chi connectivity index (χ0n) is 15.6. The fourth-order valence-electron chi connectivity index (χ4n) is 2.13. The summed E-state index contributed by atoms with van der Waals surface area (Å²) in [4.78, 5) is 23.5. The lowest BCUT2D eigenvalue weighted by atomic mass is 10.0. The molecule has 28 heavy (non-hydrogen) atoms. The van der Waals surface area contributed by atoms with Crippen molar-refractivity contribution in [2.75, 3.05) is 0 Å². The van der Waals surface area contributed by atoms with Gasteiger partial charge in [0.2, 0.25) is 0 Å². The van der Waals surface area contributed by atoms with Crippen LogP contribution in [0.3, 0.4) is 0 Å². The summed E-state index contributed by atoms with van der Waals surface area (Å²) < 4.78 is 14.9. The number of carbonyl (C=O) groups is 2. The van der Waals surface area contributed by atoms with Crippen LogP contribution in [0, 0.1) is 0 Å². The third-order valence-electron chi connectivity index (χ3n) is 3.35. The number of thioether (sulfide) groups is 1. The molecule has 1 fully saturated rings. The van der Waals surface area contributed by atoms with Crippen molar-refractivity contribution in [1.82, 2.24) is 0 Å². The number of carbonyl (C=O) groups excluding carboxylic acids is 1. The van der Waals surface area contributed by atoms with Gasteiger partial charge in [-0.05, 0) is 27.7 Å². The van der Waals surface area contributed by atoms with Crippen LogP contribution in [-0.4, -0.2) is 83.7 Å². The Balaban J connectivity index is 3.12. The van der Waals surface area contributed by atoms with E-state index in [9.17, 15) is 30.0 Å². The van der Waals surface area contributed by atoms with Crippen molar-refractivity contribution in [2.45, 2.75) is 69.8 Å². The summed E-state index contributed by atoms with van der Waals surface area (Å²) in [7, 11) is 0. The van der Waals surface area contributed by atoms with Crippen LogP contribution in [-0.2, 0) is 23.8 Å². The van der Waals surface area contributed by atoms with Crippen LogP contribution in [0.25, 0.3) is 0 Å². The lowest BCUT2D eigenvalue weighted by Gasteiger charge is -2.38. The molecule has 0 amide bonds. The molecule has 0 spiro atoms. The molecule has 1 saturated heterocycles. The van der Waals surface area contributed by atoms with Crippen LogP contribution in [0.15, 0.2) is 11.5 Å². The predicted molar refractivity (Wildman–Crippen MR) is 102 cm³/mol. The van der Waals surface area contributed by atoms with E-state index in [0.717, 1.165) is 0 Å². The third-order valence-corrected chi connectivity index (χ3v) is 4.88. The SMILES string of the molecule is CC(C)OC(=O)/C(C(=S)S[C@@H]1O[C@H](C(=O)O)[C@@H](O)[C@H](O)[C@H]1O)=C(/O)OC(C)C. The molecule has 0 saturated carbocycles. The maximum Gasteiger partial charge on any atom is 0.347 e. The standard InChI is InChI=1S/C16H24O10S2/c1-5(2)24-13(22)7(14(23)25-6(3)4)16(27)28-15-10(19)8(17)9(18)11(26-15)12(20)21/h5-6,8-11,15,17-19,22H,1-4H3,(H,20,21)/b13-7+/t8-,9-,10+,11-,15-/m0/s1. The highest BCUT2D eigenvalue weighted by Crippen LogP contribution is 2.32. The summed E-state index contributed by atoms with van der Waals surface area (Å²) in [5.41, 5.74) is -1.95. The van der Waals surface area contributed by atoms with E-state index >= 15 is 0 Å². The summed E-state index contributed by atoms with van der Waals surface area (Å²) in [6.07, 6.45) is -8.27. The molecule has 0 aromatic heterocycles. The lowest BCUT2D eigenvalue weighted by molar-refractivity contribution is -0.209. The minimum atomic E-state index is -1.86. The topological polar surface area (TPSA) is 163 Å². The van der Waals surface area contributed by atoms with Crippen LogP contribution >= 0.6 is 24.0 Å². The first-order valence-corrected chi connectivity index (χ1v) is 9.59. The number of esters is 1. The fraction of sp³-hybridized carbons (Fsp3) is 0.688. The van der Waals surface area contributed by atoms with Gasteiger partial charge in [-0.15, -0.1) is 0 Å². The van der Waals surface area contributed by atoms with Gasteiger partial charge in [-0.2, -0.15) is 0 Å². The van der Waals surface area contributed by atoms with Gasteiger partial charge in [0.25, 0.3) is 5.95 Å². The van der Waals surface area contributed by atoms with Crippen molar-refractivity contribution in [3.63, 3.8) is 0 Å². The maximum absolute atomic E-state index is 12.3. The van der Waals surface area contributed by atoms with Crippen molar-refractivity contribution < 1.29 is 49.3 Å². The molecule has 1 aliphatic heterocycles. The number of aliphatic hydroxyl groups is 4. The molecule has 0 radical (unpaired) electrons. The first kappa shape index (κ1) is 24.6. The Labute approximate surface area is 171 Å². The molecule has 5 atom stereocenters. The van der Waals surface area contributed by atoms with Crippen molar-refractivity contribution in [1.29, 1.82) is 0 Å². The van der Waals surface area contributed by atoms with Gasteiger partial charge in [0.15, 0.2) is 11.7 Å². The first-order valence-electron chi connectivity index (χ1n) is 8.31. The Kier molecular flexibility index (Phi) is 9.11. The molecule has 0 aliphatic carbocycles. The summed E-state index contributed by atoms with van der Waals surface area (Å²) in [5.74, 6) is -3.36. The molecule has 12 heteroatoms. The van der Waals surface area contributed by atoms with Crippen LogP contribution in [0.1, 0.15) is 27.7 Å². The second-order valence-corrected chi connectivity index (χ2v) is 8.22. The summed E-state index contributed by atoms with van der Waals surface area (Å²) in [6, 6.07) is 0. The van der Waals surface area contributed by atoms with E-state index in [1.165, 1.54) is 0 Å². The van der Waals surface area contributed by atoms with E-state index in [4.69, 9.17) is 31.5 Å². The van der Waals surface area contributed by atoms with Crippen LogP contribution < -0.4 is 0 Å². The zero-order valence-corrected chi connectivity index (χ0v) is 17.3. The molecule has 0 aromatic carbocycles. The van der Waals surface area contributed by atoms with E-state index in [0.29, 0.717) is 11.8 Å². The number of hydrogen-bond donors (Lipinski definition) is 5.